The molecule has 0 aliphatic carbocycles. The van der Waals surface area contributed by atoms with Crippen LogP contribution < -0.4 is 10.6 Å². The Balaban J connectivity index is 0.00000338. The molecule has 144 valence electrons. The van der Waals surface area contributed by atoms with Gasteiger partial charge in [-0.1, -0.05) is 24.3 Å². The van der Waals surface area contributed by atoms with Gasteiger partial charge in [-0.05, 0) is 31.9 Å². The molecule has 5 nitrogen and oxygen atoms in total. The zero-order chi connectivity index (χ0) is 18.1. The molecule has 0 atom stereocenters. The first-order valence-corrected chi connectivity index (χ1v) is 9.46. The lowest BCUT2D eigenvalue weighted by Gasteiger charge is -2.12. The number of aryl methyl sites for hydroxylation is 2. The van der Waals surface area contributed by atoms with Gasteiger partial charge in [-0.3, -0.25) is 0 Å². The van der Waals surface area contributed by atoms with E-state index in [0.717, 1.165) is 31.2 Å². The van der Waals surface area contributed by atoms with Crippen LogP contribution in [0.15, 0.2) is 29.3 Å². The maximum absolute atomic E-state index is 5.26. The van der Waals surface area contributed by atoms with Crippen molar-refractivity contribution >= 4 is 41.3 Å². The molecule has 0 saturated carbocycles. The molecule has 2 aromatic rings. The lowest BCUT2D eigenvalue weighted by molar-refractivity contribution is 0.184. The van der Waals surface area contributed by atoms with Gasteiger partial charge >= 0.3 is 0 Å². The number of aliphatic imine (C=N–C) groups is 1. The molecule has 7 heteroatoms. The summed E-state index contributed by atoms with van der Waals surface area (Å²) in [7, 11) is 1.72. The summed E-state index contributed by atoms with van der Waals surface area (Å²) in [6.07, 6.45) is 0.907. The quantitative estimate of drug-likeness (QED) is 0.337. The van der Waals surface area contributed by atoms with Crippen molar-refractivity contribution < 1.29 is 4.74 Å². The molecule has 0 aliphatic heterocycles. The normalized spacial score (nSPS) is 11.2. The van der Waals surface area contributed by atoms with Crippen LogP contribution in [0.25, 0.3) is 0 Å². The van der Waals surface area contributed by atoms with Gasteiger partial charge in [0.05, 0.1) is 23.9 Å². The van der Waals surface area contributed by atoms with E-state index in [1.807, 2.05) is 12.1 Å². The van der Waals surface area contributed by atoms with Crippen molar-refractivity contribution in [3.05, 3.63) is 51.0 Å². The Morgan fingerprint density at radius 2 is 1.92 bits per heavy atom. The van der Waals surface area contributed by atoms with Crippen LogP contribution in [0, 0.1) is 13.8 Å². The smallest absolute Gasteiger partial charge is 0.191 e. The number of rotatable bonds is 8. The molecule has 0 radical (unpaired) electrons. The van der Waals surface area contributed by atoms with Crippen molar-refractivity contribution in [2.45, 2.75) is 40.3 Å². The van der Waals surface area contributed by atoms with Crippen LogP contribution in [0.2, 0.25) is 0 Å². The minimum absolute atomic E-state index is 0. The van der Waals surface area contributed by atoms with Crippen molar-refractivity contribution in [2.24, 2.45) is 4.99 Å². The third kappa shape index (κ3) is 7.20. The number of guanidine groups is 1. The van der Waals surface area contributed by atoms with E-state index < -0.39 is 0 Å². The molecule has 0 aliphatic rings. The minimum atomic E-state index is 0. The number of methoxy groups -OCH3 is 1. The van der Waals surface area contributed by atoms with Crippen molar-refractivity contribution in [1.82, 2.24) is 15.6 Å². The van der Waals surface area contributed by atoms with E-state index in [9.17, 15) is 0 Å². The monoisotopic (exact) mass is 488 g/mol. The van der Waals surface area contributed by atoms with Crippen molar-refractivity contribution in [3.63, 3.8) is 0 Å². The molecule has 0 unspecified atom stereocenters. The molecule has 0 saturated heterocycles. The third-order valence-electron chi connectivity index (χ3n) is 3.87. The molecule has 2 N–H and O–H groups in total. The molecule has 26 heavy (non-hydrogen) atoms. The van der Waals surface area contributed by atoms with Crippen LogP contribution in [0.4, 0.5) is 0 Å². The number of thiazole rings is 1. The van der Waals surface area contributed by atoms with Gasteiger partial charge in [-0.15, -0.1) is 35.3 Å². The standard InChI is InChI=1S/C19H28N4OS.HI/c1-5-20-19(21-11-10-18-23-14(2)15(3)25-18)22-12-16-8-6-7-9-17(16)13-24-4;/h6-9H,5,10-13H2,1-4H3,(H2,20,21,22);1H. The second-order valence-corrected chi connectivity index (χ2v) is 7.11. The first-order valence-electron chi connectivity index (χ1n) is 8.64. The number of hydrogen-bond donors (Lipinski definition) is 2. The zero-order valence-corrected chi connectivity index (χ0v) is 19.1. The average molecular weight is 488 g/mol. The number of hydrogen-bond acceptors (Lipinski definition) is 4. The fourth-order valence-electron chi connectivity index (χ4n) is 2.45. The number of benzene rings is 1. The summed E-state index contributed by atoms with van der Waals surface area (Å²) in [6.45, 7) is 9.14. The second kappa shape index (κ2) is 12.2. The number of nitrogens with one attached hydrogen (secondary N) is 2. The van der Waals surface area contributed by atoms with Gasteiger partial charge in [0.1, 0.15) is 0 Å². The summed E-state index contributed by atoms with van der Waals surface area (Å²) in [6, 6.07) is 8.25. The van der Waals surface area contributed by atoms with Gasteiger partial charge in [-0.2, -0.15) is 0 Å². The van der Waals surface area contributed by atoms with Crippen LogP contribution >= 0.6 is 35.3 Å². The van der Waals surface area contributed by atoms with Gasteiger partial charge in [0.15, 0.2) is 5.96 Å². The van der Waals surface area contributed by atoms with Crippen molar-refractivity contribution in [1.29, 1.82) is 0 Å². The van der Waals surface area contributed by atoms with E-state index in [1.54, 1.807) is 18.4 Å². The molecule has 1 heterocycles. The fourth-order valence-corrected chi connectivity index (χ4v) is 3.38. The highest BCUT2D eigenvalue weighted by Gasteiger charge is 2.05. The lowest BCUT2D eigenvalue weighted by atomic mass is 10.1. The van der Waals surface area contributed by atoms with Gasteiger partial charge < -0.3 is 15.4 Å². The molecule has 0 fully saturated rings. The summed E-state index contributed by atoms with van der Waals surface area (Å²) < 4.78 is 5.26. The first kappa shape index (κ1) is 22.9. The average Bonchev–Trinajstić information content (AvgIpc) is 2.92. The Morgan fingerprint density at radius 3 is 2.54 bits per heavy atom. The number of ether oxygens (including phenoxy) is 1. The van der Waals surface area contributed by atoms with Gasteiger partial charge in [0.2, 0.25) is 0 Å². The fraction of sp³-hybridized carbons (Fsp3) is 0.474. The Labute approximate surface area is 177 Å². The molecule has 1 aromatic heterocycles. The molecular weight excluding hydrogens is 459 g/mol. The van der Waals surface area contributed by atoms with Crippen LogP contribution in [-0.4, -0.2) is 31.1 Å². The van der Waals surface area contributed by atoms with Crippen LogP contribution in [-0.2, 0) is 24.3 Å². The SMILES string of the molecule is CCNC(=NCc1ccccc1COC)NCCc1nc(C)c(C)s1.I. The summed E-state index contributed by atoms with van der Waals surface area (Å²) >= 11 is 1.77. The van der Waals surface area contributed by atoms with Gasteiger partial charge in [0.25, 0.3) is 0 Å². The molecule has 0 bridgehead atoms. The first-order chi connectivity index (χ1) is 12.1. The predicted molar refractivity (Wildman–Crippen MR) is 121 cm³/mol. The molecule has 1 aromatic carbocycles. The van der Waals surface area contributed by atoms with Crippen molar-refractivity contribution in [3.8, 4) is 0 Å². The van der Waals surface area contributed by atoms with Gasteiger partial charge in [-0.25, -0.2) is 9.98 Å². The molecule has 2 rings (SSSR count). The Bertz CT molecular complexity index is 683. The Morgan fingerprint density at radius 1 is 1.19 bits per heavy atom. The van der Waals surface area contributed by atoms with E-state index in [1.165, 1.54) is 21.0 Å². The van der Waals surface area contributed by atoms with E-state index in [0.29, 0.717) is 13.2 Å². The zero-order valence-electron chi connectivity index (χ0n) is 16.0. The van der Waals surface area contributed by atoms with E-state index in [4.69, 9.17) is 9.73 Å². The maximum atomic E-state index is 5.26. The van der Waals surface area contributed by atoms with E-state index in [2.05, 4.69) is 48.5 Å². The van der Waals surface area contributed by atoms with E-state index >= 15 is 0 Å². The number of nitrogens with zero attached hydrogens (tertiary/aromatic N) is 2. The summed E-state index contributed by atoms with van der Waals surface area (Å²) in [5.74, 6) is 0.833. The summed E-state index contributed by atoms with van der Waals surface area (Å²) in [5.41, 5.74) is 3.50. The molecule has 0 spiro atoms. The Kier molecular flexibility index (Phi) is 10.8. The van der Waals surface area contributed by atoms with Gasteiger partial charge in [0, 0.05) is 31.5 Å². The maximum Gasteiger partial charge on any atom is 0.191 e. The highest BCUT2D eigenvalue weighted by Crippen LogP contribution is 2.16. The largest absolute Gasteiger partial charge is 0.380 e. The Hall–Kier alpha value is -1.19. The van der Waals surface area contributed by atoms with Crippen LogP contribution in [0.5, 0.6) is 0 Å². The number of halogens is 1. The minimum Gasteiger partial charge on any atom is -0.380 e. The molecule has 0 amide bonds. The third-order valence-corrected chi connectivity index (χ3v) is 5.01. The summed E-state index contributed by atoms with van der Waals surface area (Å²) in [4.78, 5) is 10.6. The van der Waals surface area contributed by atoms with Crippen LogP contribution in [0.3, 0.4) is 0 Å². The topological polar surface area (TPSA) is 58.5 Å². The van der Waals surface area contributed by atoms with E-state index in [-0.39, 0.29) is 24.0 Å². The lowest BCUT2D eigenvalue weighted by Crippen LogP contribution is -2.38. The highest BCUT2D eigenvalue weighted by atomic mass is 127. The second-order valence-electron chi connectivity index (χ2n) is 5.82. The van der Waals surface area contributed by atoms with Crippen molar-refractivity contribution in [2.75, 3.05) is 20.2 Å². The van der Waals surface area contributed by atoms with Crippen LogP contribution in [0.1, 0.15) is 33.6 Å². The summed E-state index contributed by atoms with van der Waals surface area (Å²) in [5, 5.41) is 7.86. The number of aromatic nitrogens is 1. The molecular formula is C19H29IN4OS. The predicted octanol–water partition coefficient (Wildman–Crippen LogP) is 3.82. The highest BCUT2D eigenvalue weighted by molar-refractivity contribution is 14.0.